The molecule has 1 aliphatic heterocycles. The van der Waals surface area contributed by atoms with Crippen molar-refractivity contribution in [3.8, 4) is 0 Å². The maximum atomic E-state index is 5.62. The van der Waals surface area contributed by atoms with Crippen LogP contribution in [0.2, 0.25) is 0 Å². The molecule has 0 bridgehead atoms. The molecule has 1 unspecified atom stereocenters. The third-order valence-electron chi connectivity index (χ3n) is 5.06. The van der Waals surface area contributed by atoms with E-state index in [1.54, 1.807) is 7.05 Å². The standard InChI is InChI=1S/C19H35N5O/c1-14(2)17(24-10-8-6-7-9-11-24)12-21-19(20-5)22-13-18-23-15(3)16(4)25-18/h14,17H,6-13H2,1-5H3,(H2,20,21,22). The first-order valence-corrected chi connectivity index (χ1v) is 9.62. The summed E-state index contributed by atoms with van der Waals surface area (Å²) < 4.78 is 5.62. The molecular formula is C19H35N5O. The van der Waals surface area contributed by atoms with Crippen LogP contribution in [0, 0.1) is 19.8 Å². The molecule has 2 rings (SSSR count). The molecule has 1 aromatic rings. The number of guanidine groups is 1. The number of aryl methyl sites for hydroxylation is 2. The van der Waals surface area contributed by atoms with Crippen LogP contribution in [-0.2, 0) is 6.54 Å². The predicted molar refractivity (Wildman–Crippen MR) is 103 cm³/mol. The number of oxazole rings is 1. The van der Waals surface area contributed by atoms with Crippen molar-refractivity contribution in [3.05, 3.63) is 17.3 Å². The topological polar surface area (TPSA) is 65.7 Å². The van der Waals surface area contributed by atoms with Gasteiger partial charge >= 0.3 is 0 Å². The van der Waals surface area contributed by atoms with Gasteiger partial charge < -0.3 is 15.1 Å². The fourth-order valence-electron chi connectivity index (χ4n) is 3.41. The zero-order valence-electron chi connectivity index (χ0n) is 16.6. The third kappa shape index (κ3) is 6.03. The molecule has 0 spiro atoms. The largest absolute Gasteiger partial charge is 0.444 e. The second kappa shape index (κ2) is 9.80. The predicted octanol–water partition coefficient (Wildman–Crippen LogP) is 2.86. The molecule has 0 aromatic carbocycles. The number of nitrogens with zero attached hydrogens (tertiary/aromatic N) is 3. The molecule has 1 aliphatic rings. The van der Waals surface area contributed by atoms with Crippen LogP contribution >= 0.6 is 0 Å². The van der Waals surface area contributed by atoms with Gasteiger partial charge in [0.2, 0.25) is 5.89 Å². The van der Waals surface area contributed by atoms with Crippen molar-refractivity contribution in [1.29, 1.82) is 0 Å². The van der Waals surface area contributed by atoms with Gasteiger partial charge in [-0.2, -0.15) is 0 Å². The maximum Gasteiger partial charge on any atom is 0.214 e. The third-order valence-corrected chi connectivity index (χ3v) is 5.06. The highest BCUT2D eigenvalue weighted by atomic mass is 16.4. The van der Waals surface area contributed by atoms with Gasteiger partial charge in [-0.05, 0) is 45.7 Å². The minimum Gasteiger partial charge on any atom is -0.444 e. The van der Waals surface area contributed by atoms with Gasteiger partial charge in [-0.15, -0.1) is 0 Å². The molecular weight excluding hydrogens is 314 g/mol. The van der Waals surface area contributed by atoms with E-state index in [1.807, 2.05) is 13.8 Å². The van der Waals surface area contributed by atoms with Crippen molar-refractivity contribution < 1.29 is 4.42 Å². The van der Waals surface area contributed by atoms with E-state index in [9.17, 15) is 0 Å². The minimum atomic E-state index is 0.530. The molecule has 1 fully saturated rings. The average molecular weight is 350 g/mol. The highest BCUT2D eigenvalue weighted by Crippen LogP contribution is 2.17. The number of aromatic nitrogens is 1. The lowest BCUT2D eigenvalue weighted by Crippen LogP contribution is -2.49. The molecule has 25 heavy (non-hydrogen) atoms. The Morgan fingerprint density at radius 3 is 2.36 bits per heavy atom. The van der Waals surface area contributed by atoms with Crippen LogP contribution < -0.4 is 10.6 Å². The van der Waals surface area contributed by atoms with E-state index in [-0.39, 0.29) is 0 Å². The molecule has 1 saturated heterocycles. The quantitative estimate of drug-likeness (QED) is 0.611. The molecule has 142 valence electrons. The van der Waals surface area contributed by atoms with E-state index >= 15 is 0 Å². The first kappa shape index (κ1) is 19.8. The van der Waals surface area contributed by atoms with Crippen molar-refractivity contribution >= 4 is 5.96 Å². The fourth-order valence-corrected chi connectivity index (χ4v) is 3.41. The number of hydrogen-bond acceptors (Lipinski definition) is 4. The molecule has 1 atom stereocenters. The van der Waals surface area contributed by atoms with Crippen molar-refractivity contribution in [3.63, 3.8) is 0 Å². The van der Waals surface area contributed by atoms with Crippen LogP contribution in [0.1, 0.15) is 56.9 Å². The number of likely N-dealkylation sites (tertiary alicyclic amines) is 1. The molecule has 0 radical (unpaired) electrons. The summed E-state index contributed by atoms with van der Waals surface area (Å²) >= 11 is 0. The summed E-state index contributed by atoms with van der Waals surface area (Å²) in [5.74, 6) is 2.99. The monoisotopic (exact) mass is 349 g/mol. The lowest BCUT2D eigenvalue weighted by atomic mass is 10.0. The van der Waals surface area contributed by atoms with Gasteiger partial charge in [-0.25, -0.2) is 4.98 Å². The van der Waals surface area contributed by atoms with Crippen LogP contribution in [0.4, 0.5) is 0 Å². The van der Waals surface area contributed by atoms with Crippen molar-refractivity contribution in [2.75, 3.05) is 26.7 Å². The Morgan fingerprint density at radius 1 is 1.16 bits per heavy atom. The minimum absolute atomic E-state index is 0.530. The summed E-state index contributed by atoms with van der Waals surface area (Å²) in [5, 5.41) is 6.79. The Hall–Kier alpha value is -1.56. The van der Waals surface area contributed by atoms with Gasteiger partial charge in [0.25, 0.3) is 0 Å². The first-order chi connectivity index (χ1) is 12.0. The van der Waals surface area contributed by atoms with E-state index in [0.29, 0.717) is 24.4 Å². The van der Waals surface area contributed by atoms with Gasteiger partial charge in [0.1, 0.15) is 5.76 Å². The van der Waals surface area contributed by atoms with Crippen LogP contribution in [-0.4, -0.2) is 48.6 Å². The lowest BCUT2D eigenvalue weighted by Gasteiger charge is -2.34. The Balaban J connectivity index is 1.86. The molecule has 0 saturated carbocycles. The zero-order chi connectivity index (χ0) is 18.2. The van der Waals surface area contributed by atoms with Gasteiger partial charge in [0.05, 0.1) is 12.2 Å². The van der Waals surface area contributed by atoms with Crippen LogP contribution in [0.25, 0.3) is 0 Å². The highest BCUT2D eigenvalue weighted by Gasteiger charge is 2.22. The summed E-state index contributed by atoms with van der Waals surface area (Å²) in [4.78, 5) is 11.4. The van der Waals surface area contributed by atoms with Crippen LogP contribution in [0.15, 0.2) is 9.41 Å². The Bertz CT molecular complexity index is 525. The molecule has 2 heterocycles. The smallest absolute Gasteiger partial charge is 0.214 e. The van der Waals surface area contributed by atoms with Crippen LogP contribution in [0.5, 0.6) is 0 Å². The van der Waals surface area contributed by atoms with E-state index in [2.05, 4.69) is 39.4 Å². The molecule has 2 N–H and O–H groups in total. The van der Waals surface area contributed by atoms with Gasteiger partial charge in [0.15, 0.2) is 5.96 Å². The Labute approximate surface area is 152 Å². The molecule has 0 aliphatic carbocycles. The normalized spacial score (nSPS) is 18.2. The van der Waals surface area contributed by atoms with Gasteiger partial charge in [-0.3, -0.25) is 9.89 Å². The SMILES string of the molecule is CN=C(NCc1nc(C)c(C)o1)NCC(C(C)C)N1CCCCCC1. The highest BCUT2D eigenvalue weighted by molar-refractivity contribution is 5.79. The maximum absolute atomic E-state index is 5.62. The van der Waals surface area contributed by atoms with Crippen molar-refractivity contribution in [2.24, 2.45) is 10.9 Å². The molecule has 6 nitrogen and oxygen atoms in total. The molecule has 6 heteroatoms. The van der Waals surface area contributed by atoms with Gasteiger partial charge in [0, 0.05) is 19.6 Å². The van der Waals surface area contributed by atoms with E-state index in [4.69, 9.17) is 4.42 Å². The summed E-state index contributed by atoms with van der Waals surface area (Å²) in [5.41, 5.74) is 0.945. The van der Waals surface area contributed by atoms with Gasteiger partial charge in [-0.1, -0.05) is 26.7 Å². The summed E-state index contributed by atoms with van der Waals surface area (Å²) in [7, 11) is 1.80. The van der Waals surface area contributed by atoms with Crippen molar-refractivity contribution in [2.45, 2.75) is 66.0 Å². The Kier molecular flexibility index (Phi) is 7.75. The average Bonchev–Trinajstić information content (AvgIpc) is 2.78. The van der Waals surface area contributed by atoms with E-state index < -0.39 is 0 Å². The second-order valence-electron chi connectivity index (χ2n) is 7.32. The Morgan fingerprint density at radius 2 is 1.84 bits per heavy atom. The number of rotatable bonds is 6. The molecule has 1 aromatic heterocycles. The summed E-state index contributed by atoms with van der Waals surface area (Å²) in [6.45, 7) is 12.4. The number of aliphatic imine (C=N–C) groups is 1. The zero-order valence-corrected chi connectivity index (χ0v) is 16.6. The van der Waals surface area contributed by atoms with E-state index in [1.165, 1.54) is 38.8 Å². The summed E-state index contributed by atoms with van der Waals surface area (Å²) in [6, 6.07) is 0.530. The van der Waals surface area contributed by atoms with E-state index in [0.717, 1.165) is 24.0 Å². The first-order valence-electron chi connectivity index (χ1n) is 9.62. The van der Waals surface area contributed by atoms with Crippen LogP contribution in [0.3, 0.4) is 0 Å². The number of hydrogen-bond donors (Lipinski definition) is 2. The lowest BCUT2D eigenvalue weighted by molar-refractivity contribution is 0.161. The summed E-state index contributed by atoms with van der Waals surface area (Å²) in [6.07, 6.45) is 5.37. The second-order valence-corrected chi connectivity index (χ2v) is 7.32. The molecule has 0 amide bonds. The number of nitrogens with one attached hydrogen (secondary N) is 2. The van der Waals surface area contributed by atoms with Crippen molar-refractivity contribution in [1.82, 2.24) is 20.5 Å². The fraction of sp³-hybridized carbons (Fsp3) is 0.789.